The third-order valence-electron chi connectivity index (χ3n) is 6.92. The van der Waals surface area contributed by atoms with Crippen LogP contribution in [0.2, 0.25) is 0 Å². The Hall–Kier alpha value is -1.18. The van der Waals surface area contributed by atoms with Crippen LogP contribution in [-0.4, -0.2) is 52.3 Å². The predicted octanol–water partition coefficient (Wildman–Crippen LogP) is 6.07. The molecule has 0 saturated heterocycles. The molecular weight excluding hydrogens is 391 g/mol. The quantitative estimate of drug-likeness (QED) is 0.352. The van der Waals surface area contributed by atoms with E-state index >= 15 is 0 Å². The lowest BCUT2D eigenvalue weighted by Gasteiger charge is -2.51. The Morgan fingerprint density at radius 1 is 0.724 bits per heavy atom. The minimum atomic E-state index is -1.17. The highest BCUT2D eigenvalue weighted by Gasteiger charge is 2.45. The molecule has 0 heterocycles. The molecule has 0 saturated carbocycles. The first-order valence-corrected chi connectivity index (χ1v) is 13.6. The second kappa shape index (κ2) is 9.75. The van der Waals surface area contributed by atoms with Gasteiger partial charge in [0.15, 0.2) is 0 Å². The molecule has 0 radical (unpaired) electrons. The van der Waals surface area contributed by atoms with Gasteiger partial charge in [0, 0.05) is 46.8 Å². The molecule has 0 aliphatic rings. The van der Waals surface area contributed by atoms with E-state index in [4.69, 9.17) is 12.6 Å². The fraction of sp³-hybridized carbons (Fsp3) is 0.520. The van der Waals surface area contributed by atoms with Crippen molar-refractivity contribution in [3.05, 3.63) is 59.7 Å². The van der Waals surface area contributed by atoms with E-state index in [2.05, 4.69) is 114 Å². The summed E-state index contributed by atoms with van der Waals surface area (Å²) in [6, 6.07) is 17.9. The van der Waals surface area contributed by atoms with Gasteiger partial charge in [-0.1, -0.05) is 40.1 Å². The molecule has 29 heavy (non-hydrogen) atoms. The zero-order valence-corrected chi connectivity index (χ0v) is 21.3. The third-order valence-corrected chi connectivity index (χ3v) is 13.7. The van der Waals surface area contributed by atoms with Gasteiger partial charge < -0.3 is 22.4 Å². The molecule has 2 nitrogen and oxygen atoms in total. The molecule has 0 amide bonds. The predicted molar refractivity (Wildman–Crippen MR) is 138 cm³/mol. The molecule has 0 unspecified atom stereocenters. The van der Waals surface area contributed by atoms with Crippen molar-refractivity contribution < 1.29 is 0 Å². The van der Waals surface area contributed by atoms with Crippen molar-refractivity contribution in [3.8, 4) is 0 Å². The van der Waals surface area contributed by atoms with Gasteiger partial charge in [-0.15, -0.1) is 0 Å². The highest BCUT2D eigenvalue weighted by molar-refractivity contribution is 7.77. The van der Waals surface area contributed by atoms with Crippen molar-refractivity contribution in [1.82, 2.24) is 0 Å². The summed E-state index contributed by atoms with van der Waals surface area (Å²) < 4.78 is -0.411. The lowest BCUT2D eigenvalue weighted by Crippen LogP contribution is -2.40. The van der Waals surface area contributed by atoms with Gasteiger partial charge in [0.2, 0.25) is 0 Å². The summed E-state index contributed by atoms with van der Waals surface area (Å²) in [7, 11) is 7.17. The molecular formula is C25H39N2PS. The highest BCUT2D eigenvalue weighted by atomic mass is 32.1. The minimum Gasteiger partial charge on any atom is -0.773 e. The van der Waals surface area contributed by atoms with Gasteiger partial charge in [-0.25, -0.2) is 0 Å². The Labute approximate surface area is 185 Å². The molecule has 0 aliphatic carbocycles. The average molecular weight is 431 g/mol. The van der Waals surface area contributed by atoms with Gasteiger partial charge in [-0.3, -0.25) is 0 Å². The SMILES string of the molecule is CC[P+](CC)(CC)[C@@H](C)C([S-])(c1ccc(N(C)C)cc1)c1ccc(N(C)C)cc1. The summed E-state index contributed by atoms with van der Waals surface area (Å²) >= 11 is 6.62. The maximum atomic E-state index is 6.62. The summed E-state index contributed by atoms with van der Waals surface area (Å²) in [5.41, 5.74) is 5.37. The van der Waals surface area contributed by atoms with Gasteiger partial charge in [0.25, 0.3) is 0 Å². The molecule has 2 aromatic rings. The Morgan fingerprint density at radius 2 is 1.03 bits per heavy atom. The van der Waals surface area contributed by atoms with E-state index in [1.165, 1.54) is 41.0 Å². The molecule has 2 aromatic carbocycles. The van der Waals surface area contributed by atoms with Crippen LogP contribution in [0.25, 0.3) is 0 Å². The number of benzene rings is 2. The van der Waals surface area contributed by atoms with Crippen LogP contribution in [0, 0.1) is 0 Å². The van der Waals surface area contributed by atoms with E-state index in [1.807, 2.05) is 0 Å². The molecule has 0 bridgehead atoms. The Bertz CT molecular complexity index is 705. The number of rotatable bonds is 9. The van der Waals surface area contributed by atoms with E-state index in [0.29, 0.717) is 5.66 Å². The summed E-state index contributed by atoms with van der Waals surface area (Å²) in [6.45, 7) is 9.54. The Balaban J connectivity index is 2.66. The van der Waals surface area contributed by atoms with Gasteiger partial charge in [0.05, 0.1) is 24.1 Å². The van der Waals surface area contributed by atoms with E-state index in [-0.39, 0.29) is 0 Å². The average Bonchev–Trinajstić information content (AvgIpc) is 2.74. The van der Waals surface area contributed by atoms with Crippen molar-refractivity contribution in [2.24, 2.45) is 0 Å². The van der Waals surface area contributed by atoms with Crippen LogP contribution >= 0.6 is 7.26 Å². The van der Waals surface area contributed by atoms with Crippen LogP contribution in [0.4, 0.5) is 11.4 Å². The largest absolute Gasteiger partial charge is 0.773 e. The van der Waals surface area contributed by atoms with Crippen molar-refractivity contribution in [2.75, 3.05) is 56.5 Å². The fourth-order valence-electron chi connectivity index (χ4n) is 4.54. The van der Waals surface area contributed by atoms with E-state index in [0.717, 1.165) is 0 Å². The van der Waals surface area contributed by atoms with Gasteiger partial charge in [-0.2, -0.15) is 0 Å². The number of hydrogen-bond donors (Lipinski definition) is 0. The van der Waals surface area contributed by atoms with Crippen molar-refractivity contribution in [2.45, 2.75) is 38.1 Å². The van der Waals surface area contributed by atoms with Crippen LogP contribution in [0.1, 0.15) is 38.8 Å². The molecule has 0 N–H and O–H groups in total. The van der Waals surface area contributed by atoms with Gasteiger partial charge in [0.1, 0.15) is 0 Å². The van der Waals surface area contributed by atoms with Gasteiger partial charge >= 0.3 is 0 Å². The summed E-state index contributed by atoms with van der Waals surface area (Å²) in [5, 5.41) is 0. The fourth-order valence-corrected chi connectivity index (χ4v) is 9.54. The van der Waals surface area contributed by atoms with Crippen LogP contribution < -0.4 is 9.80 Å². The second-order valence-electron chi connectivity index (χ2n) is 8.46. The summed E-state index contributed by atoms with van der Waals surface area (Å²) in [6.07, 6.45) is 3.77. The lowest BCUT2D eigenvalue weighted by molar-refractivity contribution is 0.711. The molecule has 0 aromatic heterocycles. The topological polar surface area (TPSA) is 6.48 Å². The van der Waals surface area contributed by atoms with E-state index in [9.17, 15) is 0 Å². The van der Waals surface area contributed by atoms with Gasteiger partial charge in [-0.05, 0) is 52.0 Å². The molecule has 160 valence electrons. The standard InChI is InChI=1S/C25H39N2PS/c1-9-28(10-2,11-3)20(4)25(29,21-12-16-23(17-13-21)26(5)6)22-14-18-24(19-15-22)27(7)8/h12-20H,9-11H2,1-8H3/t20-/m0/s1. The molecule has 2 rings (SSSR count). The van der Waals surface area contributed by atoms with Crippen LogP contribution in [-0.2, 0) is 17.4 Å². The lowest BCUT2D eigenvalue weighted by atomic mass is 9.87. The molecule has 1 atom stereocenters. The van der Waals surface area contributed by atoms with Crippen molar-refractivity contribution in [3.63, 3.8) is 0 Å². The highest BCUT2D eigenvalue weighted by Crippen LogP contribution is 2.67. The van der Waals surface area contributed by atoms with Crippen LogP contribution in [0.3, 0.4) is 0 Å². The minimum absolute atomic E-state index is 0.411. The number of nitrogens with zero attached hydrogens (tertiary/aromatic N) is 2. The first-order valence-electron chi connectivity index (χ1n) is 10.8. The summed E-state index contributed by atoms with van der Waals surface area (Å²) in [5.74, 6) is 0. The third kappa shape index (κ3) is 4.62. The smallest absolute Gasteiger partial charge is 0.0585 e. The first-order chi connectivity index (χ1) is 13.7. The van der Waals surface area contributed by atoms with Crippen molar-refractivity contribution in [1.29, 1.82) is 0 Å². The van der Waals surface area contributed by atoms with E-state index < -0.39 is 12.0 Å². The zero-order valence-electron chi connectivity index (χ0n) is 19.6. The maximum absolute atomic E-state index is 6.62. The normalized spacial score (nSPS) is 13.3. The first kappa shape index (κ1) is 24.1. The zero-order chi connectivity index (χ0) is 21.8. The Morgan fingerprint density at radius 3 is 1.28 bits per heavy atom. The van der Waals surface area contributed by atoms with E-state index in [1.54, 1.807) is 0 Å². The molecule has 0 fully saturated rings. The Kier molecular flexibility index (Phi) is 8.10. The number of anilines is 2. The second-order valence-corrected chi connectivity index (χ2v) is 14.2. The van der Waals surface area contributed by atoms with Crippen LogP contribution in [0.15, 0.2) is 48.5 Å². The van der Waals surface area contributed by atoms with Crippen molar-refractivity contribution >= 4 is 31.3 Å². The maximum Gasteiger partial charge on any atom is 0.0585 e. The monoisotopic (exact) mass is 430 g/mol. The summed E-state index contributed by atoms with van der Waals surface area (Å²) in [4.78, 5) is 4.29. The van der Waals surface area contributed by atoms with Crippen LogP contribution in [0.5, 0.6) is 0 Å². The molecule has 4 heteroatoms. The molecule has 0 aliphatic heterocycles. The molecule has 0 spiro atoms. The number of hydrogen-bond acceptors (Lipinski definition) is 3.